The first-order valence-corrected chi connectivity index (χ1v) is 8.99. The van der Waals surface area contributed by atoms with Crippen molar-refractivity contribution in [1.82, 2.24) is 5.32 Å². The van der Waals surface area contributed by atoms with Crippen LogP contribution in [0.5, 0.6) is 17.2 Å². The smallest absolute Gasteiger partial charge is 0.305 e. The molecule has 1 aliphatic heterocycles. The van der Waals surface area contributed by atoms with Gasteiger partial charge in [0.2, 0.25) is 5.91 Å². The Balaban J connectivity index is 1.86. The number of hydrogen-bond donors (Lipinski definition) is 2. The van der Waals surface area contributed by atoms with Crippen LogP contribution in [0.25, 0.3) is 0 Å². The summed E-state index contributed by atoms with van der Waals surface area (Å²) >= 11 is 0. The predicted molar refractivity (Wildman–Crippen MR) is 102 cm³/mol. The largest absolute Gasteiger partial charge is 0.493 e. The first-order chi connectivity index (χ1) is 13.5. The van der Waals surface area contributed by atoms with E-state index in [9.17, 15) is 14.7 Å². The minimum Gasteiger partial charge on any atom is -0.493 e. The zero-order chi connectivity index (χ0) is 20.1. The van der Waals surface area contributed by atoms with Crippen LogP contribution in [0.1, 0.15) is 35.9 Å². The number of benzene rings is 2. The van der Waals surface area contributed by atoms with Gasteiger partial charge in [0.1, 0.15) is 5.75 Å². The number of aliphatic carboxylic acids is 1. The molecule has 1 amide bonds. The summed E-state index contributed by atoms with van der Waals surface area (Å²) in [7, 11) is 3.03. The van der Waals surface area contributed by atoms with E-state index in [1.54, 1.807) is 18.2 Å². The Morgan fingerprint density at radius 1 is 1.18 bits per heavy atom. The SMILES string of the molecule is COc1ccc([C@H](CC(=O)O)NC(=O)[C@H]2CCOc3ccccc32)cc1OC. The number of nitrogens with one attached hydrogen (secondary N) is 1. The van der Waals surface area contributed by atoms with Gasteiger partial charge in [0.05, 0.1) is 39.2 Å². The van der Waals surface area contributed by atoms with Gasteiger partial charge in [-0.1, -0.05) is 24.3 Å². The fourth-order valence-electron chi connectivity index (χ4n) is 3.38. The monoisotopic (exact) mass is 385 g/mol. The van der Waals surface area contributed by atoms with Crippen LogP contribution < -0.4 is 19.5 Å². The van der Waals surface area contributed by atoms with E-state index in [0.717, 1.165) is 5.56 Å². The zero-order valence-corrected chi connectivity index (χ0v) is 15.8. The van der Waals surface area contributed by atoms with Crippen molar-refractivity contribution < 1.29 is 28.9 Å². The lowest BCUT2D eigenvalue weighted by Crippen LogP contribution is -2.36. The van der Waals surface area contributed by atoms with E-state index in [4.69, 9.17) is 14.2 Å². The fourth-order valence-corrected chi connectivity index (χ4v) is 3.38. The van der Waals surface area contributed by atoms with E-state index in [1.165, 1.54) is 14.2 Å². The molecular weight excluding hydrogens is 362 g/mol. The van der Waals surface area contributed by atoms with Gasteiger partial charge in [0.15, 0.2) is 11.5 Å². The third-order valence-electron chi connectivity index (χ3n) is 4.78. The van der Waals surface area contributed by atoms with Gasteiger partial charge in [-0.25, -0.2) is 0 Å². The van der Waals surface area contributed by atoms with Crippen LogP contribution in [-0.4, -0.2) is 37.8 Å². The van der Waals surface area contributed by atoms with Crippen molar-refractivity contribution in [2.45, 2.75) is 24.8 Å². The molecule has 0 bridgehead atoms. The topological polar surface area (TPSA) is 94.1 Å². The molecule has 7 nitrogen and oxygen atoms in total. The second kappa shape index (κ2) is 8.65. The van der Waals surface area contributed by atoms with Gasteiger partial charge in [-0.15, -0.1) is 0 Å². The average molecular weight is 385 g/mol. The van der Waals surface area contributed by atoms with Crippen molar-refractivity contribution in [1.29, 1.82) is 0 Å². The Labute approximate surface area is 163 Å². The standard InChI is InChI=1S/C21H23NO6/c1-26-18-8-7-13(11-19(18)27-2)16(12-20(23)24)22-21(25)15-9-10-28-17-6-4-3-5-14(15)17/h3-8,11,15-16H,9-10,12H2,1-2H3,(H,22,25)(H,23,24)/t15-,16-/m0/s1. The molecule has 2 atom stereocenters. The van der Waals surface area contributed by atoms with Gasteiger partial charge < -0.3 is 24.6 Å². The lowest BCUT2D eigenvalue weighted by Gasteiger charge is -2.27. The molecule has 0 aromatic heterocycles. The number of hydrogen-bond acceptors (Lipinski definition) is 5. The molecule has 0 saturated heterocycles. The summed E-state index contributed by atoms with van der Waals surface area (Å²) in [6, 6.07) is 11.8. The number of carboxylic acid groups (broad SMARTS) is 1. The molecule has 0 spiro atoms. The summed E-state index contributed by atoms with van der Waals surface area (Å²) in [5, 5.41) is 12.2. The molecule has 1 heterocycles. The maximum absolute atomic E-state index is 13.0. The maximum Gasteiger partial charge on any atom is 0.305 e. The Morgan fingerprint density at radius 2 is 1.93 bits per heavy atom. The number of carbonyl (C=O) groups is 2. The van der Waals surface area contributed by atoms with Crippen molar-refractivity contribution in [3.63, 3.8) is 0 Å². The van der Waals surface area contributed by atoms with Crippen molar-refractivity contribution in [3.8, 4) is 17.2 Å². The molecule has 7 heteroatoms. The summed E-state index contributed by atoms with van der Waals surface area (Å²) < 4.78 is 16.1. The van der Waals surface area contributed by atoms with E-state index < -0.39 is 12.0 Å². The second-order valence-corrected chi connectivity index (χ2v) is 6.50. The van der Waals surface area contributed by atoms with Crippen molar-refractivity contribution >= 4 is 11.9 Å². The quantitative estimate of drug-likeness (QED) is 0.761. The maximum atomic E-state index is 13.0. The first kappa shape index (κ1) is 19.5. The van der Waals surface area contributed by atoms with Gasteiger partial charge in [0, 0.05) is 5.56 Å². The highest BCUT2D eigenvalue weighted by Crippen LogP contribution is 2.35. The van der Waals surface area contributed by atoms with Gasteiger partial charge >= 0.3 is 5.97 Å². The van der Waals surface area contributed by atoms with Gasteiger partial charge in [-0.3, -0.25) is 9.59 Å². The first-order valence-electron chi connectivity index (χ1n) is 8.99. The number of ether oxygens (including phenoxy) is 3. The molecule has 0 fully saturated rings. The second-order valence-electron chi connectivity index (χ2n) is 6.50. The molecule has 1 aliphatic rings. The van der Waals surface area contributed by atoms with Crippen LogP contribution in [0, 0.1) is 0 Å². The molecule has 2 aromatic carbocycles. The molecule has 0 radical (unpaired) electrons. The van der Waals surface area contributed by atoms with Crippen LogP contribution in [-0.2, 0) is 9.59 Å². The van der Waals surface area contributed by atoms with Crippen molar-refractivity contribution in [3.05, 3.63) is 53.6 Å². The molecule has 0 unspecified atom stereocenters. The summed E-state index contributed by atoms with van der Waals surface area (Å²) in [4.78, 5) is 24.4. The van der Waals surface area contributed by atoms with Gasteiger partial charge in [-0.2, -0.15) is 0 Å². The Kier molecular flexibility index (Phi) is 6.03. The zero-order valence-electron chi connectivity index (χ0n) is 15.8. The highest BCUT2D eigenvalue weighted by Gasteiger charge is 2.30. The van der Waals surface area contributed by atoms with E-state index >= 15 is 0 Å². The normalized spacial score (nSPS) is 16.3. The van der Waals surface area contributed by atoms with Crippen LogP contribution in [0.4, 0.5) is 0 Å². The minimum atomic E-state index is -1.01. The molecule has 0 saturated carbocycles. The molecule has 2 N–H and O–H groups in total. The van der Waals surface area contributed by atoms with E-state index in [-0.39, 0.29) is 18.2 Å². The highest BCUT2D eigenvalue weighted by molar-refractivity contribution is 5.85. The number of rotatable bonds is 7. The Hall–Kier alpha value is -3.22. The van der Waals surface area contributed by atoms with Crippen LogP contribution in [0.3, 0.4) is 0 Å². The third kappa shape index (κ3) is 4.19. The Morgan fingerprint density at radius 3 is 2.64 bits per heavy atom. The van der Waals surface area contributed by atoms with E-state index in [1.807, 2.05) is 24.3 Å². The third-order valence-corrected chi connectivity index (χ3v) is 4.78. The summed E-state index contributed by atoms with van der Waals surface area (Å²) in [5.41, 5.74) is 1.45. The summed E-state index contributed by atoms with van der Waals surface area (Å²) in [5.74, 6) is 0.0755. The number of amides is 1. The van der Waals surface area contributed by atoms with Crippen LogP contribution in [0.2, 0.25) is 0 Å². The van der Waals surface area contributed by atoms with Crippen LogP contribution >= 0.6 is 0 Å². The predicted octanol–water partition coefficient (Wildman–Crippen LogP) is 2.90. The Bertz CT molecular complexity index is 866. The lowest BCUT2D eigenvalue weighted by atomic mass is 9.91. The van der Waals surface area contributed by atoms with Gasteiger partial charge in [-0.05, 0) is 30.2 Å². The molecular formula is C21H23NO6. The number of para-hydroxylation sites is 1. The molecule has 28 heavy (non-hydrogen) atoms. The number of carbonyl (C=O) groups excluding carboxylic acids is 1. The molecule has 148 valence electrons. The summed E-state index contributed by atoms with van der Waals surface area (Å²) in [6.07, 6.45) is 0.292. The number of carboxylic acids is 1. The lowest BCUT2D eigenvalue weighted by molar-refractivity contribution is -0.137. The van der Waals surface area contributed by atoms with Crippen molar-refractivity contribution in [2.24, 2.45) is 0 Å². The average Bonchev–Trinajstić information content (AvgIpc) is 2.71. The molecule has 0 aliphatic carbocycles. The van der Waals surface area contributed by atoms with Crippen LogP contribution in [0.15, 0.2) is 42.5 Å². The number of fused-ring (bicyclic) bond motifs is 1. The van der Waals surface area contributed by atoms with Gasteiger partial charge in [0.25, 0.3) is 0 Å². The highest BCUT2D eigenvalue weighted by atomic mass is 16.5. The van der Waals surface area contributed by atoms with E-state index in [2.05, 4.69) is 5.32 Å². The fraction of sp³-hybridized carbons (Fsp3) is 0.333. The summed E-state index contributed by atoms with van der Waals surface area (Å²) in [6.45, 7) is 0.440. The molecule has 2 aromatic rings. The number of methoxy groups -OCH3 is 2. The molecule has 3 rings (SSSR count). The van der Waals surface area contributed by atoms with E-state index in [0.29, 0.717) is 35.8 Å². The minimum absolute atomic E-state index is 0.225. The van der Waals surface area contributed by atoms with Crippen molar-refractivity contribution in [2.75, 3.05) is 20.8 Å².